The van der Waals surface area contributed by atoms with Crippen LogP contribution < -0.4 is 5.32 Å². The van der Waals surface area contributed by atoms with E-state index in [1.54, 1.807) is 36.4 Å². The Morgan fingerprint density at radius 2 is 1.62 bits per heavy atom. The van der Waals surface area contributed by atoms with Crippen molar-refractivity contribution in [2.75, 3.05) is 13.7 Å². The standard InChI is InChI=1S/C22H25N2O7P/c1-30-32(28,29)19(23-22(27)31-15-16-9-3-2-4-10-16)13-7-8-14-24-20(25)17-11-5-6-12-18(17)21(24)26/h2-6,9-12,19H,7-8,13-15H2,1H3,(H,23,27)(H,28,29)/p+1. The van der Waals surface area contributed by atoms with Crippen LogP contribution in [0.5, 0.6) is 0 Å². The Kier molecular flexibility index (Phi) is 7.80. The molecule has 1 aliphatic rings. The molecule has 0 saturated heterocycles. The third-order valence-corrected chi connectivity index (χ3v) is 6.92. The van der Waals surface area contributed by atoms with Gasteiger partial charge in [0, 0.05) is 6.54 Å². The van der Waals surface area contributed by atoms with Gasteiger partial charge in [0.25, 0.3) is 11.8 Å². The van der Waals surface area contributed by atoms with E-state index in [0.717, 1.165) is 12.7 Å². The highest BCUT2D eigenvalue weighted by molar-refractivity contribution is 7.53. The van der Waals surface area contributed by atoms with Crippen LogP contribution in [0.3, 0.4) is 0 Å². The van der Waals surface area contributed by atoms with Crippen molar-refractivity contribution in [2.45, 2.75) is 31.7 Å². The summed E-state index contributed by atoms with van der Waals surface area (Å²) in [6.45, 7) is 0.223. The lowest BCUT2D eigenvalue weighted by atomic mass is 10.1. The summed E-state index contributed by atoms with van der Waals surface area (Å²) in [5.41, 5.74) is 1.56. The SMILES string of the molecule is COP(=O)([OH2+])C(CCCCN1C(=O)c2ccccc2C1=O)NC(=O)OCc1ccccc1. The molecule has 3 N–H and O–H groups in total. The monoisotopic (exact) mass is 461 g/mol. The van der Waals surface area contributed by atoms with Crippen LogP contribution >= 0.6 is 7.60 Å². The van der Waals surface area contributed by atoms with E-state index >= 15 is 0 Å². The molecule has 9 nitrogen and oxygen atoms in total. The highest BCUT2D eigenvalue weighted by Gasteiger charge is 2.39. The van der Waals surface area contributed by atoms with Crippen molar-refractivity contribution in [3.8, 4) is 0 Å². The van der Waals surface area contributed by atoms with Gasteiger partial charge in [0.1, 0.15) is 6.61 Å². The first-order valence-corrected chi connectivity index (χ1v) is 11.9. The fourth-order valence-corrected chi connectivity index (χ4v) is 4.46. The Morgan fingerprint density at radius 3 is 2.22 bits per heavy atom. The van der Waals surface area contributed by atoms with E-state index in [1.165, 1.54) is 4.90 Å². The molecule has 1 aliphatic heterocycles. The van der Waals surface area contributed by atoms with Crippen LogP contribution in [0, 0.1) is 0 Å². The normalized spacial score (nSPS) is 15.8. The zero-order chi connectivity index (χ0) is 23.1. The van der Waals surface area contributed by atoms with E-state index < -0.39 is 19.5 Å². The Morgan fingerprint density at radius 1 is 1.03 bits per heavy atom. The molecule has 0 radical (unpaired) electrons. The second-order valence-electron chi connectivity index (χ2n) is 7.30. The van der Waals surface area contributed by atoms with E-state index in [1.807, 2.05) is 18.2 Å². The largest absolute Gasteiger partial charge is 0.494 e. The molecule has 10 heteroatoms. The third-order valence-electron chi connectivity index (χ3n) is 5.17. The smallest absolute Gasteiger partial charge is 0.445 e. The predicted octanol–water partition coefficient (Wildman–Crippen LogP) is 3.27. The fourth-order valence-electron chi connectivity index (χ4n) is 3.40. The summed E-state index contributed by atoms with van der Waals surface area (Å²) in [4.78, 5) is 46.1. The van der Waals surface area contributed by atoms with Crippen molar-refractivity contribution in [2.24, 2.45) is 0 Å². The molecule has 2 atom stereocenters. The second kappa shape index (κ2) is 10.5. The lowest BCUT2D eigenvalue weighted by Gasteiger charge is -2.19. The first kappa shape index (κ1) is 23.7. The summed E-state index contributed by atoms with van der Waals surface area (Å²) < 4.78 is 22.4. The van der Waals surface area contributed by atoms with Crippen molar-refractivity contribution in [1.29, 1.82) is 0 Å². The van der Waals surface area contributed by atoms with Crippen LogP contribution in [-0.4, -0.2) is 47.1 Å². The van der Waals surface area contributed by atoms with E-state index in [0.29, 0.717) is 24.0 Å². The van der Waals surface area contributed by atoms with Gasteiger partial charge < -0.3 is 14.9 Å². The van der Waals surface area contributed by atoms with Crippen molar-refractivity contribution in [3.63, 3.8) is 0 Å². The van der Waals surface area contributed by atoms with Gasteiger partial charge in [-0.25, -0.2) is 9.36 Å². The van der Waals surface area contributed by atoms with Crippen LogP contribution in [0.4, 0.5) is 4.79 Å². The van der Waals surface area contributed by atoms with Gasteiger partial charge in [-0.2, -0.15) is 0 Å². The van der Waals surface area contributed by atoms with Gasteiger partial charge in [-0.05, 0) is 37.0 Å². The number of fused-ring (bicyclic) bond motifs is 1. The van der Waals surface area contributed by atoms with Crippen molar-refractivity contribution in [3.05, 3.63) is 71.3 Å². The maximum Gasteiger partial charge on any atom is 0.494 e. The summed E-state index contributed by atoms with van der Waals surface area (Å²) in [5, 5.41) is 2.45. The molecule has 32 heavy (non-hydrogen) atoms. The number of hydrogen-bond acceptors (Lipinski definition) is 6. The topological polar surface area (TPSA) is 125 Å². The van der Waals surface area contributed by atoms with Gasteiger partial charge in [0.2, 0.25) is 0 Å². The molecule has 3 amide bonds. The quantitative estimate of drug-likeness (QED) is 0.251. The number of imide groups is 1. The van der Waals surface area contributed by atoms with Crippen molar-refractivity contribution in [1.82, 2.24) is 10.2 Å². The Labute approximate surface area is 185 Å². The summed E-state index contributed by atoms with van der Waals surface area (Å²) in [7, 11) is -2.73. The maximum atomic E-state index is 12.5. The van der Waals surface area contributed by atoms with Crippen LogP contribution in [0.15, 0.2) is 54.6 Å². The van der Waals surface area contributed by atoms with Crippen molar-refractivity contribution < 1.29 is 33.1 Å². The lowest BCUT2D eigenvalue weighted by molar-refractivity contribution is 0.0651. The number of nitrogens with one attached hydrogen (secondary N) is 1. The molecule has 0 spiro atoms. The van der Waals surface area contributed by atoms with E-state index in [9.17, 15) is 18.9 Å². The van der Waals surface area contributed by atoms with E-state index in [-0.39, 0.29) is 31.4 Å². The number of carbonyl (C=O) groups excluding carboxylic acids is 3. The zero-order valence-corrected chi connectivity index (χ0v) is 18.5. The Bertz CT molecular complexity index is 993. The Hall–Kier alpha value is -3.00. The fraction of sp³-hybridized carbons (Fsp3) is 0.318. The van der Waals surface area contributed by atoms with Crippen LogP contribution in [0.25, 0.3) is 0 Å². The van der Waals surface area contributed by atoms with Crippen LogP contribution in [-0.2, 0) is 20.4 Å². The van der Waals surface area contributed by atoms with Gasteiger partial charge in [0.05, 0.1) is 18.2 Å². The molecule has 0 fully saturated rings. The lowest BCUT2D eigenvalue weighted by Crippen LogP contribution is -2.36. The number of alkyl carbamates (subject to hydrolysis) is 1. The molecule has 0 aromatic heterocycles. The molecular weight excluding hydrogens is 435 g/mol. The van der Waals surface area contributed by atoms with Crippen LogP contribution in [0.2, 0.25) is 0 Å². The summed E-state index contributed by atoms with van der Waals surface area (Å²) in [6, 6.07) is 15.7. The number of amides is 3. The minimum atomic E-state index is -3.88. The zero-order valence-electron chi connectivity index (χ0n) is 17.7. The average molecular weight is 461 g/mol. The number of hydrogen-bond donors (Lipinski definition) is 1. The number of rotatable bonds is 10. The van der Waals surface area contributed by atoms with Crippen LogP contribution in [0.1, 0.15) is 45.5 Å². The molecule has 1 heterocycles. The molecule has 0 saturated carbocycles. The summed E-state index contributed by atoms with van der Waals surface area (Å²) in [5.74, 6) is -1.75. The first-order chi connectivity index (χ1) is 15.3. The molecule has 170 valence electrons. The number of benzene rings is 2. The molecule has 2 aromatic carbocycles. The van der Waals surface area contributed by atoms with Gasteiger partial charge >= 0.3 is 13.7 Å². The highest BCUT2D eigenvalue weighted by atomic mass is 31.2. The molecule has 2 unspecified atom stereocenters. The summed E-state index contributed by atoms with van der Waals surface area (Å²) in [6.07, 6.45) is 0.192. The predicted molar refractivity (Wildman–Crippen MR) is 117 cm³/mol. The van der Waals surface area contributed by atoms with Gasteiger partial charge in [-0.15, -0.1) is 0 Å². The van der Waals surface area contributed by atoms with Gasteiger partial charge in [-0.1, -0.05) is 42.5 Å². The molecule has 0 bridgehead atoms. The maximum absolute atomic E-state index is 12.5. The van der Waals surface area contributed by atoms with E-state index in [4.69, 9.17) is 14.2 Å². The van der Waals surface area contributed by atoms with E-state index in [2.05, 4.69) is 5.32 Å². The molecule has 0 aliphatic carbocycles. The minimum Gasteiger partial charge on any atom is -0.445 e. The minimum absolute atomic E-state index is 0.0361. The number of carbonyl (C=O) groups is 3. The first-order valence-electron chi connectivity index (χ1n) is 10.2. The number of nitrogens with zero attached hydrogens (tertiary/aromatic N) is 1. The van der Waals surface area contributed by atoms with Gasteiger partial charge in [0.15, 0.2) is 5.78 Å². The highest BCUT2D eigenvalue weighted by Crippen LogP contribution is 2.47. The van der Waals surface area contributed by atoms with Crippen molar-refractivity contribution >= 4 is 25.5 Å². The Balaban J connectivity index is 1.50. The van der Waals surface area contributed by atoms with Gasteiger partial charge in [-0.3, -0.25) is 19.0 Å². The molecular formula is C22H26N2O7P+. The average Bonchev–Trinajstić information content (AvgIpc) is 3.05. The number of unbranched alkanes of at least 4 members (excludes halogenated alkanes) is 1. The summed E-state index contributed by atoms with van der Waals surface area (Å²) >= 11 is 0. The second-order valence-corrected chi connectivity index (χ2v) is 9.49. The molecule has 2 aromatic rings. The molecule has 3 rings (SSSR count). The third kappa shape index (κ3) is 5.62. The number of ether oxygens (including phenoxy) is 1.